The molecular weight excluding hydrogens is 308 g/mol. The van der Waals surface area contributed by atoms with Crippen LogP contribution < -0.4 is 10.6 Å². The number of carbonyl (C=O) groups is 1. The van der Waals surface area contributed by atoms with Gasteiger partial charge in [0.1, 0.15) is 5.01 Å². The van der Waals surface area contributed by atoms with Crippen LogP contribution in [0.3, 0.4) is 0 Å². The molecule has 6 heteroatoms. The molecule has 0 spiro atoms. The second-order valence-corrected chi connectivity index (χ2v) is 7.23. The molecule has 1 saturated heterocycles. The second-order valence-electron chi connectivity index (χ2n) is 6.37. The zero-order valence-corrected chi connectivity index (χ0v) is 14.2. The van der Waals surface area contributed by atoms with Crippen LogP contribution in [0.2, 0.25) is 0 Å². The number of pyridine rings is 1. The van der Waals surface area contributed by atoms with E-state index in [0.29, 0.717) is 6.42 Å². The van der Waals surface area contributed by atoms with E-state index in [0.717, 1.165) is 48.9 Å². The molecule has 5 nitrogen and oxygen atoms in total. The SMILES string of the molecule is CC1(CNC(=O)Cc2csc(-c3ccccn3)n2)CCNCC1. The van der Waals surface area contributed by atoms with Crippen LogP contribution in [0.5, 0.6) is 0 Å². The Labute approximate surface area is 140 Å². The summed E-state index contributed by atoms with van der Waals surface area (Å²) in [6, 6.07) is 5.75. The van der Waals surface area contributed by atoms with E-state index < -0.39 is 0 Å². The maximum absolute atomic E-state index is 12.2. The van der Waals surface area contributed by atoms with E-state index in [4.69, 9.17) is 0 Å². The number of nitrogens with one attached hydrogen (secondary N) is 2. The van der Waals surface area contributed by atoms with Gasteiger partial charge in [0.15, 0.2) is 0 Å². The monoisotopic (exact) mass is 330 g/mol. The summed E-state index contributed by atoms with van der Waals surface area (Å²) in [5, 5.41) is 9.23. The standard InChI is InChI=1S/C17H22N4OS/c1-17(5-8-18-9-6-17)12-20-15(22)10-13-11-23-16(21-13)14-4-2-3-7-19-14/h2-4,7,11,18H,5-6,8-10,12H2,1H3,(H,20,22). The molecule has 0 aromatic carbocycles. The van der Waals surface area contributed by atoms with Gasteiger partial charge in [-0.2, -0.15) is 0 Å². The minimum absolute atomic E-state index is 0.0441. The number of carbonyl (C=O) groups excluding carboxylic acids is 1. The maximum atomic E-state index is 12.2. The molecule has 2 aromatic rings. The Kier molecular flexibility index (Phi) is 5.03. The first-order valence-corrected chi connectivity index (χ1v) is 8.86. The summed E-state index contributed by atoms with van der Waals surface area (Å²) in [7, 11) is 0. The molecule has 23 heavy (non-hydrogen) atoms. The summed E-state index contributed by atoms with van der Waals surface area (Å²) >= 11 is 1.53. The lowest BCUT2D eigenvalue weighted by atomic mass is 9.81. The van der Waals surface area contributed by atoms with Crippen molar-refractivity contribution in [2.45, 2.75) is 26.2 Å². The fourth-order valence-corrected chi connectivity index (χ4v) is 3.54. The number of amides is 1. The molecule has 122 valence electrons. The number of rotatable bonds is 5. The van der Waals surface area contributed by atoms with Gasteiger partial charge in [0.2, 0.25) is 5.91 Å². The summed E-state index contributed by atoms with van der Waals surface area (Å²) in [4.78, 5) is 21.0. The Morgan fingerprint density at radius 1 is 1.39 bits per heavy atom. The van der Waals surface area contributed by atoms with E-state index in [2.05, 4.69) is 27.5 Å². The quantitative estimate of drug-likeness (QED) is 0.882. The molecule has 0 radical (unpaired) electrons. The van der Waals surface area contributed by atoms with E-state index in [-0.39, 0.29) is 11.3 Å². The molecule has 1 aliphatic heterocycles. The van der Waals surface area contributed by atoms with Crippen molar-refractivity contribution in [2.24, 2.45) is 5.41 Å². The number of piperidine rings is 1. The minimum atomic E-state index is 0.0441. The number of thiazole rings is 1. The Balaban J connectivity index is 1.53. The number of hydrogen-bond acceptors (Lipinski definition) is 5. The highest BCUT2D eigenvalue weighted by atomic mass is 32.1. The molecule has 0 aliphatic carbocycles. The first-order valence-electron chi connectivity index (χ1n) is 7.98. The Morgan fingerprint density at radius 3 is 2.96 bits per heavy atom. The van der Waals surface area contributed by atoms with Crippen LogP contribution in [0.15, 0.2) is 29.8 Å². The Hall–Kier alpha value is -1.79. The van der Waals surface area contributed by atoms with Gasteiger partial charge in [-0.25, -0.2) is 4.98 Å². The summed E-state index contributed by atoms with van der Waals surface area (Å²) in [5.41, 5.74) is 1.87. The largest absolute Gasteiger partial charge is 0.355 e. The zero-order valence-electron chi connectivity index (χ0n) is 13.3. The summed E-state index contributed by atoms with van der Waals surface area (Å²) < 4.78 is 0. The molecule has 1 fully saturated rings. The lowest BCUT2D eigenvalue weighted by molar-refractivity contribution is -0.121. The highest BCUT2D eigenvalue weighted by Crippen LogP contribution is 2.26. The average molecular weight is 330 g/mol. The van der Waals surface area contributed by atoms with Gasteiger partial charge in [-0.1, -0.05) is 13.0 Å². The highest BCUT2D eigenvalue weighted by Gasteiger charge is 2.27. The van der Waals surface area contributed by atoms with E-state index in [1.165, 1.54) is 11.3 Å². The van der Waals surface area contributed by atoms with Gasteiger partial charge < -0.3 is 10.6 Å². The van der Waals surface area contributed by atoms with Gasteiger partial charge in [-0.15, -0.1) is 11.3 Å². The van der Waals surface area contributed by atoms with Gasteiger partial charge >= 0.3 is 0 Å². The van der Waals surface area contributed by atoms with Crippen molar-refractivity contribution in [1.82, 2.24) is 20.6 Å². The van der Waals surface area contributed by atoms with E-state index in [1.54, 1.807) is 6.20 Å². The lowest BCUT2D eigenvalue weighted by Gasteiger charge is -2.34. The molecule has 0 bridgehead atoms. The first kappa shape index (κ1) is 16.1. The summed E-state index contributed by atoms with van der Waals surface area (Å²) in [6.45, 7) is 5.05. The summed E-state index contributed by atoms with van der Waals surface area (Å²) in [6.07, 6.45) is 4.29. The fourth-order valence-electron chi connectivity index (χ4n) is 2.74. The van der Waals surface area contributed by atoms with Crippen molar-refractivity contribution in [1.29, 1.82) is 0 Å². The van der Waals surface area contributed by atoms with Gasteiger partial charge in [0.05, 0.1) is 17.8 Å². The van der Waals surface area contributed by atoms with Crippen LogP contribution in [0.25, 0.3) is 10.7 Å². The van der Waals surface area contributed by atoms with Gasteiger partial charge in [-0.05, 0) is 43.5 Å². The number of nitrogens with zero attached hydrogens (tertiary/aromatic N) is 2. The van der Waals surface area contributed by atoms with Crippen molar-refractivity contribution >= 4 is 17.2 Å². The van der Waals surface area contributed by atoms with Gasteiger partial charge in [0, 0.05) is 18.1 Å². The third-order valence-corrected chi connectivity index (χ3v) is 5.21. The first-order chi connectivity index (χ1) is 11.1. The van der Waals surface area contributed by atoms with Crippen molar-refractivity contribution in [3.8, 4) is 10.7 Å². The van der Waals surface area contributed by atoms with E-state index in [9.17, 15) is 4.79 Å². The molecule has 1 aliphatic rings. The van der Waals surface area contributed by atoms with Crippen LogP contribution in [0.4, 0.5) is 0 Å². The Morgan fingerprint density at radius 2 is 2.22 bits per heavy atom. The van der Waals surface area contributed by atoms with Crippen LogP contribution >= 0.6 is 11.3 Å². The molecule has 3 rings (SSSR count). The fraction of sp³-hybridized carbons (Fsp3) is 0.471. The van der Waals surface area contributed by atoms with Crippen LogP contribution in [-0.2, 0) is 11.2 Å². The molecule has 0 unspecified atom stereocenters. The van der Waals surface area contributed by atoms with E-state index in [1.807, 2.05) is 23.6 Å². The lowest BCUT2D eigenvalue weighted by Crippen LogP contribution is -2.43. The van der Waals surface area contributed by atoms with Crippen molar-refractivity contribution in [3.05, 3.63) is 35.5 Å². The molecule has 2 aromatic heterocycles. The van der Waals surface area contributed by atoms with Crippen LogP contribution in [0, 0.1) is 5.41 Å². The van der Waals surface area contributed by atoms with Gasteiger partial charge in [-0.3, -0.25) is 9.78 Å². The topological polar surface area (TPSA) is 66.9 Å². The second kappa shape index (κ2) is 7.19. The smallest absolute Gasteiger partial charge is 0.226 e. The molecule has 0 atom stereocenters. The van der Waals surface area contributed by atoms with Crippen molar-refractivity contribution in [2.75, 3.05) is 19.6 Å². The van der Waals surface area contributed by atoms with Crippen LogP contribution in [0.1, 0.15) is 25.5 Å². The number of aromatic nitrogens is 2. The normalized spacial score (nSPS) is 16.9. The van der Waals surface area contributed by atoms with Gasteiger partial charge in [0.25, 0.3) is 0 Å². The zero-order chi connectivity index (χ0) is 16.1. The average Bonchev–Trinajstić information content (AvgIpc) is 3.03. The van der Waals surface area contributed by atoms with Crippen molar-refractivity contribution < 1.29 is 4.79 Å². The molecule has 2 N–H and O–H groups in total. The van der Waals surface area contributed by atoms with Crippen LogP contribution in [-0.4, -0.2) is 35.5 Å². The van der Waals surface area contributed by atoms with E-state index >= 15 is 0 Å². The predicted molar refractivity (Wildman–Crippen MR) is 92.3 cm³/mol. The molecule has 3 heterocycles. The molecular formula is C17H22N4OS. The Bertz CT molecular complexity index is 650. The third-order valence-electron chi connectivity index (χ3n) is 4.30. The predicted octanol–water partition coefficient (Wildman–Crippen LogP) is 2.25. The molecule has 1 amide bonds. The third kappa shape index (κ3) is 4.36. The highest BCUT2D eigenvalue weighted by molar-refractivity contribution is 7.13. The maximum Gasteiger partial charge on any atom is 0.226 e. The minimum Gasteiger partial charge on any atom is -0.355 e. The number of hydrogen-bond donors (Lipinski definition) is 2. The van der Waals surface area contributed by atoms with Crippen molar-refractivity contribution in [3.63, 3.8) is 0 Å². The summed E-state index contributed by atoms with van der Waals surface area (Å²) in [5.74, 6) is 0.0441. The molecule has 0 saturated carbocycles.